The fourth-order valence-electron chi connectivity index (χ4n) is 3.99. The van der Waals surface area contributed by atoms with E-state index in [0.29, 0.717) is 6.04 Å². The van der Waals surface area contributed by atoms with Gasteiger partial charge in [0.25, 0.3) is 0 Å². The van der Waals surface area contributed by atoms with Gasteiger partial charge in [-0.3, -0.25) is 4.98 Å². The Morgan fingerprint density at radius 1 is 0.846 bits per heavy atom. The second kappa shape index (κ2) is 7.19. The predicted octanol–water partition coefficient (Wildman–Crippen LogP) is 2.55. The van der Waals surface area contributed by atoms with Gasteiger partial charge >= 0.3 is 0 Å². The van der Waals surface area contributed by atoms with Gasteiger partial charge in [0, 0.05) is 55.0 Å². The molecule has 0 aromatic carbocycles. The zero-order chi connectivity index (χ0) is 18.1. The first-order chi connectivity index (χ1) is 12.6. The Labute approximate surface area is 155 Å². The average Bonchev–Trinajstić information content (AvgIpc) is 3.15. The summed E-state index contributed by atoms with van der Waals surface area (Å²) < 4.78 is 0. The molecule has 1 atom stereocenters. The van der Waals surface area contributed by atoms with Crippen LogP contribution < -0.4 is 15.1 Å². The molecule has 2 fully saturated rings. The number of hydrogen-bond donors (Lipinski definition) is 1. The average molecular weight is 352 g/mol. The number of aryl methyl sites for hydroxylation is 3. The minimum absolute atomic E-state index is 0.415. The third kappa shape index (κ3) is 3.65. The molecule has 0 bridgehead atoms. The molecule has 0 radical (unpaired) electrons. The number of pyridine rings is 1. The SMILES string of the molecule is Cc1cc(N2CCN(c3nc(C)cc(C)n3)CC2)cc(C2CCCN2)n1. The summed E-state index contributed by atoms with van der Waals surface area (Å²) in [6, 6.07) is 6.93. The van der Waals surface area contributed by atoms with Crippen molar-refractivity contribution in [2.75, 3.05) is 42.5 Å². The van der Waals surface area contributed by atoms with Crippen LogP contribution in [-0.2, 0) is 0 Å². The van der Waals surface area contributed by atoms with E-state index in [1.807, 2.05) is 19.9 Å². The van der Waals surface area contributed by atoms with E-state index in [1.165, 1.54) is 24.2 Å². The molecule has 2 saturated heterocycles. The summed E-state index contributed by atoms with van der Waals surface area (Å²) in [7, 11) is 0. The number of rotatable bonds is 3. The molecule has 138 valence electrons. The Hall–Kier alpha value is -2.21. The number of anilines is 2. The van der Waals surface area contributed by atoms with Crippen LogP contribution in [0, 0.1) is 20.8 Å². The summed E-state index contributed by atoms with van der Waals surface area (Å²) in [5.74, 6) is 0.865. The number of aromatic nitrogens is 3. The van der Waals surface area contributed by atoms with Crippen LogP contribution in [0.5, 0.6) is 0 Å². The first kappa shape index (κ1) is 17.2. The Bertz CT molecular complexity index is 756. The topological polar surface area (TPSA) is 57.2 Å². The summed E-state index contributed by atoms with van der Waals surface area (Å²) >= 11 is 0. The molecule has 2 aromatic rings. The molecular formula is C20H28N6. The fourth-order valence-corrected chi connectivity index (χ4v) is 3.99. The van der Waals surface area contributed by atoms with E-state index in [9.17, 15) is 0 Å². The first-order valence-electron chi connectivity index (χ1n) is 9.62. The molecule has 1 unspecified atom stereocenters. The monoisotopic (exact) mass is 352 g/mol. The third-order valence-corrected chi connectivity index (χ3v) is 5.27. The standard InChI is InChI=1S/C20H28N6/c1-14-11-15(2)24-20(23-14)26-9-7-25(8-10-26)17-12-16(3)22-19(13-17)18-5-4-6-21-18/h11-13,18,21H,4-10H2,1-3H3. The van der Waals surface area contributed by atoms with Crippen molar-refractivity contribution in [2.45, 2.75) is 39.7 Å². The second-order valence-corrected chi connectivity index (χ2v) is 7.47. The smallest absolute Gasteiger partial charge is 0.225 e. The van der Waals surface area contributed by atoms with Gasteiger partial charge in [0.05, 0.1) is 5.69 Å². The van der Waals surface area contributed by atoms with Gasteiger partial charge in [0.2, 0.25) is 5.95 Å². The van der Waals surface area contributed by atoms with E-state index < -0.39 is 0 Å². The van der Waals surface area contributed by atoms with Crippen LogP contribution in [0.4, 0.5) is 11.6 Å². The molecule has 1 N–H and O–H groups in total. The zero-order valence-electron chi connectivity index (χ0n) is 16.0. The Kier molecular flexibility index (Phi) is 4.76. The van der Waals surface area contributed by atoms with E-state index in [4.69, 9.17) is 4.98 Å². The van der Waals surface area contributed by atoms with Gasteiger partial charge in [-0.1, -0.05) is 0 Å². The quantitative estimate of drug-likeness (QED) is 0.916. The van der Waals surface area contributed by atoms with Crippen molar-refractivity contribution in [2.24, 2.45) is 0 Å². The van der Waals surface area contributed by atoms with Gasteiger partial charge in [-0.15, -0.1) is 0 Å². The van der Waals surface area contributed by atoms with Gasteiger partial charge in [-0.2, -0.15) is 0 Å². The third-order valence-electron chi connectivity index (χ3n) is 5.27. The van der Waals surface area contributed by atoms with Crippen LogP contribution in [0.3, 0.4) is 0 Å². The molecule has 2 aliphatic rings. The van der Waals surface area contributed by atoms with Crippen molar-refractivity contribution >= 4 is 11.6 Å². The zero-order valence-corrected chi connectivity index (χ0v) is 16.0. The molecular weight excluding hydrogens is 324 g/mol. The largest absolute Gasteiger partial charge is 0.368 e. The summed E-state index contributed by atoms with van der Waals surface area (Å²) in [4.78, 5) is 18.8. The van der Waals surface area contributed by atoms with Gasteiger partial charge in [-0.25, -0.2) is 9.97 Å². The van der Waals surface area contributed by atoms with E-state index >= 15 is 0 Å². The maximum atomic E-state index is 4.77. The number of nitrogens with zero attached hydrogens (tertiary/aromatic N) is 5. The van der Waals surface area contributed by atoms with Crippen LogP contribution in [0.15, 0.2) is 18.2 Å². The Morgan fingerprint density at radius 2 is 1.50 bits per heavy atom. The second-order valence-electron chi connectivity index (χ2n) is 7.47. The van der Waals surface area contributed by atoms with Crippen LogP contribution >= 0.6 is 0 Å². The predicted molar refractivity (Wildman–Crippen MR) is 105 cm³/mol. The summed E-state index contributed by atoms with van der Waals surface area (Å²) in [5.41, 5.74) is 5.66. The lowest BCUT2D eigenvalue weighted by Gasteiger charge is -2.36. The van der Waals surface area contributed by atoms with E-state index in [0.717, 1.165) is 55.8 Å². The van der Waals surface area contributed by atoms with Crippen molar-refractivity contribution in [3.8, 4) is 0 Å². The van der Waals surface area contributed by atoms with Crippen molar-refractivity contribution < 1.29 is 0 Å². The molecule has 4 heterocycles. The lowest BCUT2D eigenvalue weighted by atomic mass is 10.1. The molecule has 2 aromatic heterocycles. The molecule has 0 aliphatic carbocycles. The highest BCUT2D eigenvalue weighted by atomic mass is 15.3. The first-order valence-corrected chi connectivity index (χ1v) is 9.62. The van der Waals surface area contributed by atoms with Gasteiger partial charge < -0.3 is 15.1 Å². The summed E-state index contributed by atoms with van der Waals surface area (Å²) in [6.07, 6.45) is 2.43. The van der Waals surface area contributed by atoms with Crippen molar-refractivity contribution in [3.05, 3.63) is 41.0 Å². The highest BCUT2D eigenvalue weighted by Crippen LogP contribution is 2.27. The Balaban J connectivity index is 1.47. The number of piperazine rings is 1. The maximum Gasteiger partial charge on any atom is 0.225 e. The van der Waals surface area contributed by atoms with Crippen LogP contribution in [0.2, 0.25) is 0 Å². The minimum Gasteiger partial charge on any atom is -0.368 e. The molecule has 4 rings (SSSR count). The lowest BCUT2D eigenvalue weighted by molar-refractivity contribution is 0.618. The number of nitrogens with one attached hydrogen (secondary N) is 1. The van der Waals surface area contributed by atoms with Crippen LogP contribution in [0.25, 0.3) is 0 Å². The van der Waals surface area contributed by atoms with E-state index in [1.54, 1.807) is 0 Å². The van der Waals surface area contributed by atoms with Gasteiger partial charge in [-0.05, 0) is 58.4 Å². The highest BCUT2D eigenvalue weighted by molar-refractivity contribution is 5.51. The molecule has 0 spiro atoms. The van der Waals surface area contributed by atoms with Gasteiger partial charge in [0.15, 0.2) is 0 Å². The van der Waals surface area contributed by atoms with Crippen LogP contribution in [-0.4, -0.2) is 47.7 Å². The van der Waals surface area contributed by atoms with Crippen LogP contribution in [0.1, 0.15) is 41.7 Å². The highest BCUT2D eigenvalue weighted by Gasteiger charge is 2.22. The fraction of sp³-hybridized carbons (Fsp3) is 0.550. The molecule has 6 heteroatoms. The van der Waals surface area contributed by atoms with Crippen molar-refractivity contribution in [1.82, 2.24) is 20.3 Å². The lowest BCUT2D eigenvalue weighted by Crippen LogP contribution is -2.47. The maximum absolute atomic E-state index is 4.77. The Morgan fingerprint density at radius 3 is 2.15 bits per heavy atom. The van der Waals surface area contributed by atoms with E-state index in [-0.39, 0.29) is 0 Å². The summed E-state index contributed by atoms with van der Waals surface area (Å²) in [5, 5.41) is 3.56. The molecule has 6 nitrogen and oxygen atoms in total. The molecule has 0 amide bonds. The van der Waals surface area contributed by atoms with Crippen molar-refractivity contribution in [3.63, 3.8) is 0 Å². The minimum atomic E-state index is 0.415. The normalized spacial score (nSPS) is 20.7. The summed E-state index contributed by atoms with van der Waals surface area (Å²) in [6.45, 7) is 11.1. The van der Waals surface area contributed by atoms with Crippen molar-refractivity contribution in [1.29, 1.82) is 0 Å². The molecule has 2 aliphatic heterocycles. The molecule has 0 saturated carbocycles. The van der Waals surface area contributed by atoms with E-state index in [2.05, 4.69) is 44.1 Å². The van der Waals surface area contributed by atoms with Gasteiger partial charge in [0.1, 0.15) is 0 Å². The number of hydrogen-bond acceptors (Lipinski definition) is 6. The molecule has 26 heavy (non-hydrogen) atoms.